The number of carbonyl (C=O) groups excluding carboxylic acids is 2. The number of halogens is 1. The maximum absolute atomic E-state index is 12.3. The van der Waals surface area contributed by atoms with Gasteiger partial charge in [0.2, 0.25) is 5.91 Å². The Morgan fingerprint density at radius 3 is 2.56 bits per heavy atom. The number of hydrogen-bond acceptors (Lipinski definition) is 3. The minimum Gasteiger partial charge on any atom is -0.454 e. The molecule has 0 unspecified atom stereocenters. The van der Waals surface area contributed by atoms with Crippen LogP contribution < -0.4 is 0 Å². The van der Waals surface area contributed by atoms with Gasteiger partial charge in [0, 0.05) is 30.1 Å². The van der Waals surface area contributed by atoms with Crippen molar-refractivity contribution in [3.05, 3.63) is 70.2 Å². The molecule has 0 radical (unpaired) electrons. The van der Waals surface area contributed by atoms with Crippen molar-refractivity contribution in [2.45, 2.75) is 32.4 Å². The fraction of sp³-hybridized carbons (Fsp3) is 0.300. The molecule has 5 heteroatoms. The zero-order valence-electron chi connectivity index (χ0n) is 14.1. The average molecular weight is 358 g/mol. The van der Waals surface area contributed by atoms with E-state index in [9.17, 15) is 9.59 Å². The fourth-order valence-corrected chi connectivity index (χ4v) is 3.22. The van der Waals surface area contributed by atoms with E-state index in [4.69, 9.17) is 16.3 Å². The summed E-state index contributed by atoms with van der Waals surface area (Å²) in [6, 6.07) is 14.5. The summed E-state index contributed by atoms with van der Waals surface area (Å²) in [5, 5.41) is 0.577. The lowest BCUT2D eigenvalue weighted by atomic mass is 10.1. The van der Waals surface area contributed by atoms with Crippen molar-refractivity contribution in [2.75, 3.05) is 6.54 Å². The van der Waals surface area contributed by atoms with Crippen LogP contribution in [0.4, 0.5) is 0 Å². The lowest BCUT2D eigenvalue weighted by molar-refractivity contribution is -0.128. The first-order chi connectivity index (χ1) is 12.0. The van der Waals surface area contributed by atoms with E-state index in [0.29, 0.717) is 23.6 Å². The van der Waals surface area contributed by atoms with Gasteiger partial charge >= 0.3 is 5.97 Å². The molecule has 4 nitrogen and oxygen atoms in total. The van der Waals surface area contributed by atoms with Gasteiger partial charge in [-0.1, -0.05) is 41.9 Å². The number of carbonyl (C=O) groups is 2. The van der Waals surface area contributed by atoms with Crippen molar-refractivity contribution in [1.29, 1.82) is 0 Å². The van der Waals surface area contributed by atoms with Crippen LogP contribution >= 0.6 is 11.6 Å². The van der Waals surface area contributed by atoms with Gasteiger partial charge in [0.25, 0.3) is 0 Å². The summed E-state index contributed by atoms with van der Waals surface area (Å²) >= 11 is 6.14. The van der Waals surface area contributed by atoms with Crippen molar-refractivity contribution >= 4 is 23.5 Å². The van der Waals surface area contributed by atoms with Gasteiger partial charge in [-0.25, -0.2) is 4.79 Å². The molecule has 0 bridgehead atoms. The van der Waals surface area contributed by atoms with Crippen LogP contribution in [-0.2, 0) is 16.1 Å². The van der Waals surface area contributed by atoms with Gasteiger partial charge in [0.1, 0.15) is 6.10 Å². The first-order valence-electron chi connectivity index (χ1n) is 8.36. The molecule has 1 aliphatic rings. The van der Waals surface area contributed by atoms with E-state index in [1.54, 1.807) is 25.1 Å². The molecule has 25 heavy (non-hydrogen) atoms. The van der Waals surface area contributed by atoms with Gasteiger partial charge in [-0.3, -0.25) is 4.79 Å². The summed E-state index contributed by atoms with van der Waals surface area (Å²) in [7, 11) is 0. The van der Waals surface area contributed by atoms with Gasteiger partial charge < -0.3 is 9.64 Å². The van der Waals surface area contributed by atoms with E-state index in [1.807, 2.05) is 35.2 Å². The number of nitrogens with zero attached hydrogens (tertiary/aromatic N) is 1. The Morgan fingerprint density at radius 2 is 1.92 bits per heavy atom. The Kier molecular flexibility index (Phi) is 5.39. The van der Waals surface area contributed by atoms with Crippen LogP contribution in [0.3, 0.4) is 0 Å². The molecule has 1 amide bonds. The molecule has 1 saturated heterocycles. The van der Waals surface area contributed by atoms with Crippen LogP contribution in [0.15, 0.2) is 48.5 Å². The van der Waals surface area contributed by atoms with E-state index in [-0.39, 0.29) is 5.91 Å². The molecule has 130 valence electrons. The topological polar surface area (TPSA) is 46.6 Å². The zero-order valence-corrected chi connectivity index (χ0v) is 14.8. The lowest BCUT2D eigenvalue weighted by Crippen LogP contribution is -2.23. The summed E-state index contributed by atoms with van der Waals surface area (Å²) in [6.45, 7) is 3.19. The molecule has 2 aromatic carbocycles. The third-order valence-electron chi connectivity index (χ3n) is 4.36. The quantitative estimate of drug-likeness (QED) is 0.746. The van der Waals surface area contributed by atoms with Crippen LogP contribution in [0.1, 0.15) is 47.4 Å². The molecular formula is C20H20ClNO3. The number of likely N-dealkylation sites (tertiary alicyclic amines) is 1. The monoisotopic (exact) mass is 357 g/mol. The summed E-state index contributed by atoms with van der Waals surface area (Å²) < 4.78 is 5.51. The molecule has 2 aromatic rings. The second-order valence-electron chi connectivity index (χ2n) is 6.18. The van der Waals surface area contributed by atoms with Gasteiger partial charge in [-0.05, 0) is 37.1 Å². The normalized spacial score (nSPS) is 15.3. The fourth-order valence-electron chi connectivity index (χ4n) is 2.93. The first-order valence-corrected chi connectivity index (χ1v) is 8.74. The van der Waals surface area contributed by atoms with Crippen molar-refractivity contribution in [1.82, 2.24) is 4.90 Å². The summed E-state index contributed by atoms with van der Waals surface area (Å²) in [4.78, 5) is 25.8. The van der Waals surface area contributed by atoms with Crippen LogP contribution in [0.5, 0.6) is 0 Å². The number of esters is 1. The van der Waals surface area contributed by atoms with Gasteiger partial charge in [-0.15, -0.1) is 0 Å². The molecule has 0 saturated carbocycles. The SMILES string of the molecule is C[C@@H](OC(=O)c1ccc(CN2CCCC2=O)cc1)c1ccccc1Cl. The van der Waals surface area contributed by atoms with Crippen LogP contribution in [0.2, 0.25) is 5.02 Å². The number of ether oxygens (including phenoxy) is 1. The van der Waals surface area contributed by atoms with Crippen molar-refractivity contribution in [2.24, 2.45) is 0 Å². The first kappa shape index (κ1) is 17.5. The zero-order chi connectivity index (χ0) is 17.8. The smallest absolute Gasteiger partial charge is 0.338 e. The Morgan fingerprint density at radius 1 is 1.20 bits per heavy atom. The maximum Gasteiger partial charge on any atom is 0.338 e. The van der Waals surface area contributed by atoms with Crippen LogP contribution in [-0.4, -0.2) is 23.3 Å². The van der Waals surface area contributed by atoms with Gasteiger partial charge in [0.05, 0.1) is 5.56 Å². The Hall–Kier alpha value is -2.33. The molecule has 1 atom stereocenters. The molecule has 0 aliphatic carbocycles. The average Bonchev–Trinajstić information content (AvgIpc) is 3.00. The summed E-state index contributed by atoms with van der Waals surface area (Å²) in [5.41, 5.74) is 2.27. The minimum atomic E-state index is -0.428. The highest BCUT2D eigenvalue weighted by Gasteiger charge is 2.20. The Labute approximate surface area is 152 Å². The van der Waals surface area contributed by atoms with Crippen LogP contribution in [0.25, 0.3) is 0 Å². The third kappa shape index (κ3) is 4.20. The number of rotatable bonds is 5. The lowest BCUT2D eigenvalue weighted by Gasteiger charge is -2.16. The van der Waals surface area contributed by atoms with E-state index in [0.717, 1.165) is 24.1 Å². The largest absolute Gasteiger partial charge is 0.454 e. The standard InChI is InChI=1S/C20H20ClNO3/c1-14(17-5-2-3-6-18(17)21)25-20(24)16-10-8-15(9-11-16)13-22-12-4-7-19(22)23/h2-3,5-6,8-11,14H,4,7,12-13H2,1H3/t14-/m1/s1. The van der Waals surface area contributed by atoms with E-state index in [1.165, 1.54) is 0 Å². The molecule has 0 spiro atoms. The van der Waals surface area contributed by atoms with Gasteiger partial charge in [0.15, 0.2) is 0 Å². The predicted octanol–water partition coefficient (Wildman–Crippen LogP) is 4.38. The summed E-state index contributed by atoms with van der Waals surface area (Å²) in [6.07, 6.45) is 1.12. The number of amides is 1. The van der Waals surface area contributed by atoms with E-state index in [2.05, 4.69) is 0 Å². The molecule has 0 N–H and O–H groups in total. The minimum absolute atomic E-state index is 0.192. The maximum atomic E-state index is 12.3. The highest BCUT2D eigenvalue weighted by atomic mass is 35.5. The Balaban J connectivity index is 1.62. The predicted molar refractivity (Wildman–Crippen MR) is 96.4 cm³/mol. The highest BCUT2D eigenvalue weighted by molar-refractivity contribution is 6.31. The molecule has 1 heterocycles. The van der Waals surface area contributed by atoms with Crippen molar-refractivity contribution in [3.63, 3.8) is 0 Å². The number of hydrogen-bond donors (Lipinski definition) is 0. The van der Waals surface area contributed by atoms with E-state index >= 15 is 0 Å². The Bertz CT molecular complexity index is 773. The van der Waals surface area contributed by atoms with Crippen LogP contribution in [0, 0.1) is 0 Å². The van der Waals surface area contributed by atoms with E-state index < -0.39 is 12.1 Å². The molecule has 1 fully saturated rings. The molecule has 1 aliphatic heterocycles. The van der Waals surface area contributed by atoms with Crippen molar-refractivity contribution < 1.29 is 14.3 Å². The molecular weight excluding hydrogens is 338 g/mol. The highest BCUT2D eigenvalue weighted by Crippen LogP contribution is 2.26. The summed E-state index contributed by atoms with van der Waals surface area (Å²) in [5.74, 6) is -0.201. The second kappa shape index (κ2) is 7.70. The second-order valence-corrected chi connectivity index (χ2v) is 6.59. The molecule has 0 aromatic heterocycles. The number of benzene rings is 2. The third-order valence-corrected chi connectivity index (χ3v) is 4.71. The molecule has 3 rings (SSSR count). The van der Waals surface area contributed by atoms with Crippen molar-refractivity contribution in [3.8, 4) is 0 Å². The van der Waals surface area contributed by atoms with Gasteiger partial charge in [-0.2, -0.15) is 0 Å².